The van der Waals surface area contributed by atoms with Gasteiger partial charge in [0.1, 0.15) is 0 Å². The van der Waals surface area contributed by atoms with E-state index in [1.54, 1.807) is 11.8 Å². The van der Waals surface area contributed by atoms with Crippen molar-refractivity contribution in [1.82, 2.24) is 5.32 Å². The quantitative estimate of drug-likeness (QED) is 0.709. The predicted molar refractivity (Wildman–Crippen MR) is 86.0 cm³/mol. The van der Waals surface area contributed by atoms with E-state index in [0.717, 1.165) is 19.4 Å². The molecule has 1 aromatic rings. The first kappa shape index (κ1) is 17.1. The van der Waals surface area contributed by atoms with Gasteiger partial charge in [0, 0.05) is 11.3 Å². The number of esters is 1. The Kier molecular flexibility index (Phi) is 8.38. The molecular formula is C16H25NO2S. The average molecular weight is 295 g/mol. The molecule has 112 valence electrons. The average Bonchev–Trinajstić information content (AvgIpc) is 2.51. The smallest absolute Gasteiger partial charge is 0.315 e. The number of thioether (sulfide) groups is 1. The number of carbonyl (C=O) groups excluding carboxylic acids is 1. The monoisotopic (exact) mass is 295 g/mol. The first-order valence-electron chi connectivity index (χ1n) is 7.19. The van der Waals surface area contributed by atoms with Crippen molar-refractivity contribution in [3.63, 3.8) is 0 Å². The molecule has 0 saturated heterocycles. The molecule has 0 aliphatic rings. The van der Waals surface area contributed by atoms with Crippen molar-refractivity contribution < 1.29 is 9.53 Å². The molecule has 4 heteroatoms. The molecule has 2 unspecified atom stereocenters. The SMILES string of the molecule is CCCNC(c1ccccc1)C(CC)SCC(=O)OC. The lowest BCUT2D eigenvalue weighted by molar-refractivity contribution is -0.137. The minimum absolute atomic E-state index is 0.157. The van der Waals surface area contributed by atoms with Crippen molar-refractivity contribution in [3.8, 4) is 0 Å². The molecule has 0 bridgehead atoms. The van der Waals surface area contributed by atoms with Crippen molar-refractivity contribution in [2.24, 2.45) is 0 Å². The third-order valence-corrected chi connectivity index (χ3v) is 4.63. The largest absolute Gasteiger partial charge is 0.468 e. The third-order valence-electron chi connectivity index (χ3n) is 3.19. The molecule has 20 heavy (non-hydrogen) atoms. The highest BCUT2D eigenvalue weighted by Crippen LogP contribution is 2.29. The van der Waals surface area contributed by atoms with Gasteiger partial charge in [-0.25, -0.2) is 0 Å². The lowest BCUT2D eigenvalue weighted by Gasteiger charge is -2.27. The Morgan fingerprint density at radius 2 is 2.00 bits per heavy atom. The summed E-state index contributed by atoms with van der Waals surface area (Å²) in [5.74, 6) is 0.252. The van der Waals surface area contributed by atoms with Crippen LogP contribution >= 0.6 is 11.8 Å². The van der Waals surface area contributed by atoms with Crippen LogP contribution in [0.15, 0.2) is 30.3 Å². The summed E-state index contributed by atoms with van der Waals surface area (Å²) in [4.78, 5) is 11.3. The van der Waals surface area contributed by atoms with Crippen LogP contribution in [0.25, 0.3) is 0 Å². The molecule has 0 radical (unpaired) electrons. The maximum absolute atomic E-state index is 11.3. The Labute approximate surface area is 126 Å². The van der Waals surface area contributed by atoms with Gasteiger partial charge in [0.25, 0.3) is 0 Å². The highest BCUT2D eigenvalue weighted by atomic mass is 32.2. The molecule has 0 heterocycles. The Bertz CT molecular complexity index is 383. The number of benzene rings is 1. The fourth-order valence-corrected chi connectivity index (χ4v) is 3.26. The minimum atomic E-state index is -0.157. The standard InChI is InChI=1S/C16H25NO2S/c1-4-11-17-16(13-9-7-6-8-10-13)14(5-2)20-12-15(18)19-3/h6-10,14,16-17H,4-5,11-12H2,1-3H3. The van der Waals surface area contributed by atoms with Crippen LogP contribution < -0.4 is 5.32 Å². The Balaban J connectivity index is 2.75. The van der Waals surface area contributed by atoms with Crippen molar-refractivity contribution in [2.45, 2.75) is 38.0 Å². The van der Waals surface area contributed by atoms with Gasteiger partial charge < -0.3 is 10.1 Å². The second-order valence-electron chi connectivity index (χ2n) is 4.68. The van der Waals surface area contributed by atoms with Crippen molar-refractivity contribution >= 4 is 17.7 Å². The molecule has 0 saturated carbocycles. The van der Waals surface area contributed by atoms with Gasteiger partial charge in [-0.05, 0) is 24.9 Å². The van der Waals surface area contributed by atoms with Gasteiger partial charge in [-0.15, -0.1) is 11.8 Å². The maximum atomic E-state index is 11.3. The number of hydrogen-bond donors (Lipinski definition) is 1. The summed E-state index contributed by atoms with van der Waals surface area (Å²) in [6.45, 7) is 5.31. The predicted octanol–water partition coefficient (Wildman–Crippen LogP) is 3.41. The molecule has 1 rings (SSSR count). The van der Waals surface area contributed by atoms with Crippen LogP contribution in [0.2, 0.25) is 0 Å². The van der Waals surface area contributed by atoms with Gasteiger partial charge in [0.2, 0.25) is 0 Å². The molecular weight excluding hydrogens is 270 g/mol. The molecule has 0 aliphatic carbocycles. The highest BCUT2D eigenvalue weighted by molar-refractivity contribution is 8.00. The van der Waals surface area contributed by atoms with Crippen LogP contribution in [0, 0.1) is 0 Å². The summed E-state index contributed by atoms with van der Waals surface area (Å²) in [7, 11) is 1.44. The summed E-state index contributed by atoms with van der Waals surface area (Å²) >= 11 is 1.67. The first-order chi connectivity index (χ1) is 9.72. The van der Waals surface area contributed by atoms with Crippen LogP contribution in [-0.2, 0) is 9.53 Å². The Morgan fingerprint density at radius 1 is 1.30 bits per heavy atom. The summed E-state index contributed by atoms with van der Waals surface area (Å²) < 4.78 is 4.73. The van der Waals surface area contributed by atoms with E-state index in [1.807, 2.05) is 6.07 Å². The molecule has 2 atom stereocenters. The topological polar surface area (TPSA) is 38.3 Å². The van der Waals surface area contributed by atoms with Crippen LogP contribution in [-0.4, -0.2) is 30.6 Å². The molecule has 0 amide bonds. The van der Waals surface area contributed by atoms with Gasteiger partial charge in [-0.2, -0.15) is 0 Å². The zero-order chi connectivity index (χ0) is 14.8. The Hall–Kier alpha value is -1.00. The summed E-state index contributed by atoms with van der Waals surface area (Å²) in [5.41, 5.74) is 1.28. The van der Waals surface area contributed by atoms with E-state index < -0.39 is 0 Å². The number of methoxy groups -OCH3 is 1. The molecule has 3 nitrogen and oxygen atoms in total. The van der Waals surface area contributed by atoms with E-state index in [0.29, 0.717) is 11.0 Å². The van der Waals surface area contributed by atoms with Gasteiger partial charge in [-0.3, -0.25) is 4.79 Å². The third kappa shape index (κ3) is 5.55. The highest BCUT2D eigenvalue weighted by Gasteiger charge is 2.22. The molecule has 0 aliphatic heterocycles. The Morgan fingerprint density at radius 3 is 2.55 bits per heavy atom. The van der Waals surface area contributed by atoms with Crippen molar-refractivity contribution in [3.05, 3.63) is 35.9 Å². The minimum Gasteiger partial charge on any atom is -0.468 e. The van der Waals surface area contributed by atoms with Crippen LogP contribution in [0.1, 0.15) is 38.3 Å². The molecule has 1 N–H and O–H groups in total. The van der Waals surface area contributed by atoms with Gasteiger partial charge in [-0.1, -0.05) is 44.2 Å². The summed E-state index contributed by atoms with van der Waals surface area (Å²) in [6, 6.07) is 10.7. The number of ether oxygens (including phenoxy) is 1. The summed E-state index contributed by atoms with van der Waals surface area (Å²) in [5, 5.41) is 3.97. The zero-order valence-corrected chi connectivity index (χ0v) is 13.4. The number of nitrogens with one attached hydrogen (secondary N) is 1. The second kappa shape index (κ2) is 9.83. The van der Waals surface area contributed by atoms with E-state index in [4.69, 9.17) is 4.74 Å². The first-order valence-corrected chi connectivity index (χ1v) is 8.24. The van der Waals surface area contributed by atoms with E-state index in [1.165, 1.54) is 12.7 Å². The van der Waals surface area contributed by atoms with Gasteiger partial charge >= 0.3 is 5.97 Å². The van der Waals surface area contributed by atoms with E-state index in [9.17, 15) is 4.79 Å². The number of rotatable bonds is 9. The van der Waals surface area contributed by atoms with E-state index in [-0.39, 0.29) is 12.0 Å². The molecule has 1 aromatic carbocycles. The lowest BCUT2D eigenvalue weighted by atomic mass is 10.0. The summed E-state index contributed by atoms with van der Waals surface area (Å²) in [6.07, 6.45) is 2.11. The zero-order valence-electron chi connectivity index (χ0n) is 12.6. The van der Waals surface area contributed by atoms with E-state index >= 15 is 0 Å². The van der Waals surface area contributed by atoms with E-state index in [2.05, 4.69) is 43.4 Å². The fourth-order valence-electron chi connectivity index (χ4n) is 2.11. The van der Waals surface area contributed by atoms with Gasteiger partial charge in [0.05, 0.1) is 12.9 Å². The van der Waals surface area contributed by atoms with Crippen molar-refractivity contribution in [1.29, 1.82) is 0 Å². The number of hydrogen-bond acceptors (Lipinski definition) is 4. The van der Waals surface area contributed by atoms with Gasteiger partial charge in [0.15, 0.2) is 0 Å². The van der Waals surface area contributed by atoms with Crippen LogP contribution in [0.4, 0.5) is 0 Å². The normalized spacial score (nSPS) is 13.8. The van der Waals surface area contributed by atoms with Crippen molar-refractivity contribution in [2.75, 3.05) is 19.4 Å². The lowest BCUT2D eigenvalue weighted by Crippen LogP contribution is -2.31. The molecule has 0 aromatic heterocycles. The van der Waals surface area contributed by atoms with Crippen LogP contribution in [0.3, 0.4) is 0 Å². The molecule has 0 spiro atoms. The second-order valence-corrected chi connectivity index (χ2v) is 5.90. The van der Waals surface area contributed by atoms with Crippen LogP contribution in [0.5, 0.6) is 0 Å². The fraction of sp³-hybridized carbons (Fsp3) is 0.562. The molecule has 0 fully saturated rings. The maximum Gasteiger partial charge on any atom is 0.315 e. The number of carbonyl (C=O) groups is 1.